The van der Waals surface area contributed by atoms with Gasteiger partial charge in [0.15, 0.2) is 6.61 Å². The zero-order chi connectivity index (χ0) is 13.8. The number of anilines is 1. The molecule has 2 rings (SSSR count). The highest BCUT2D eigenvalue weighted by Gasteiger charge is 2.26. The number of hydrogen-bond donors (Lipinski definition) is 1. The predicted molar refractivity (Wildman–Crippen MR) is 74.0 cm³/mol. The van der Waals surface area contributed by atoms with Gasteiger partial charge in [0.05, 0.1) is 10.6 Å². The van der Waals surface area contributed by atoms with Gasteiger partial charge in [0.1, 0.15) is 5.75 Å². The largest absolute Gasteiger partial charge is 0.482 e. The molecule has 0 unspecified atom stereocenters. The van der Waals surface area contributed by atoms with Crippen molar-refractivity contribution in [1.29, 1.82) is 0 Å². The van der Waals surface area contributed by atoms with Crippen molar-refractivity contribution in [1.82, 2.24) is 0 Å². The lowest BCUT2D eigenvalue weighted by Gasteiger charge is -2.29. The van der Waals surface area contributed by atoms with Crippen LogP contribution in [0.25, 0.3) is 0 Å². The number of thiol groups is 1. The maximum absolute atomic E-state index is 11.8. The molecule has 6 nitrogen and oxygen atoms in total. The Labute approximate surface area is 115 Å². The lowest BCUT2D eigenvalue weighted by Crippen LogP contribution is -2.39. The van der Waals surface area contributed by atoms with E-state index in [1.165, 1.54) is 18.2 Å². The normalized spacial score (nSPS) is 13.9. The molecule has 1 aromatic rings. The molecule has 0 atom stereocenters. The number of fused-ring (bicyclic) bond motifs is 1. The summed E-state index contributed by atoms with van der Waals surface area (Å²) in [5.41, 5.74) is 0.431. The van der Waals surface area contributed by atoms with Crippen LogP contribution in [-0.4, -0.2) is 29.7 Å². The number of rotatable bonds is 5. The number of nitrogens with zero attached hydrogens (tertiary/aromatic N) is 2. The van der Waals surface area contributed by atoms with E-state index in [1.54, 1.807) is 4.90 Å². The van der Waals surface area contributed by atoms with Gasteiger partial charge in [0, 0.05) is 18.7 Å². The molecular weight excluding hydrogens is 268 g/mol. The quantitative estimate of drug-likeness (QED) is 0.388. The van der Waals surface area contributed by atoms with Gasteiger partial charge in [-0.1, -0.05) is 0 Å². The maximum Gasteiger partial charge on any atom is 0.271 e. The molecule has 0 N–H and O–H groups in total. The number of carbonyl (C=O) groups is 1. The number of ether oxygens (including phenoxy) is 1. The second-order valence-corrected chi connectivity index (χ2v) is 4.62. The highest BCUT2D eigenvalue weighted by atomic mass is 32.1. The average Bonchev–Trinajstić information content (AvgIpc) is 2.40. The Balaban J connectivity index is 2.27. The third kappa shape index (κ3) is 2.98. The SMILES string of the molecule is O=C1COc2ccc([N+](=O)[O-])cc2N1CCCCS. The molecular formula is C12H14N2O4S. The smallest absolute Gasteiger partial charge is 0.271 e. The van der Waals surface area contributed by atoms with Gasteiger partial charge in [-0.15, -0.1) is 0 Å². The second kappa shape index (κ2) is 5.92. The summed E-state index contributed by atoms with van der Waals surface area (Å²) in [5, 5.41) is 10.8. The molecule has 0 aromatic heterocycles. The first-order valence-electron chi connectivity index (χ1n) is 5.96. The highest BCUT2D eigenvalue weighted by molar-refractivity contribution is 7.80. The van der Waals surface area contributed by atoms with E-state index < -0.39 is 4.92 Å². The fraction of sp³-hybridized carbons (Fsp3) is 0.417. The molecule has 7 heteroatoms. The van der Waals surface area contributed by atoms with Crippen LogP contribution in [0.5, 0.6) is 5.75 Å². The van der Waals surface area contributed by atoms with Crippen molar-refractivity contribution in [3.8, 4) is 5.75 Å². The third-order valence-corrected chi connectivity index (χ3v) is 3.20. The zero-order valence-corrected chi connectivity index (χ0v) is 11.1. The number of hydrogen-bond acceptors (Lipinski definition) is 5. The van der Waals surface area contributed by atoms with E-state index in [-0.39, 0.29) is 18.2 Å². The minimum atomic E-state index is -0.481. The fourth-order valence-corrected chi connectivity index (χ4v) is 2.15. The lowest BCUT2D eigenvalue weighted by molar-refractivity contribution is -0.384. The van der Waals surface area contributed by atoms with Crippen LogP contribution in [0.15, 0.2) is 18.2 Å². The monoisotopic (exact) mass is 282 g/mol. The number of non-ortho nitro benzene ring substituents is 1. The summed E-state index contributed by atoms with van der Waals surface area (Å²) >= 11 is 4.12. The average molecular weight is 282 g/mol. The predicted octanol–water partition coefficient (Wildman–Crippen LogP) is 2.03. The van der Waals surface area contributed by atoms with Crippen LogP contribution < -0.4 is 9.64 Å². The summed E-state index contributed by atoms with van der Waals surface area (Å²) in [6.45, 7) is 0.503. The van der Waals surface area contributed by atoms with E-state index in [2.05, 4.69) is 12.6 Å². The standard InChI is InChI=1S/C12H14N2O4S/c15-12-8-18-11-4-3-9(14(16)17)7-10(11)13(12)5-1-2-6-19/h3-4,7,19H,1-2,5-6,8H2. The number of benzene rings is 1. The van der Waals surface area contributed by atoms with Crippen molar-refractivity contribution in [3.05, 3.63) is 28.3 Å². The number of unbranched alkanes of at least 4 members (excludes halogenated alkanes) is 1. The molecule has 0 saturated heterocycles. The third-order valence-electron chi connectivity index (χ3n) is 2.89. The maximum atomic E-state index is 11.8. The van der Waals surface area contributed by atoms with Crippen LogP contribution in [0.3, 0.4) is 0 Å². The van der Waals surface area contributed by atoms with Crippen LogP contribution in [0.1, 0.15) is 12.8 Å². The summed E-state index contributed by atoms with van der Waals surface area (Å²) in [5.74, 6) is 1.09. The van der Waals surface area contributed by atoms with Gasteiger partial charge in [0.2, 0.25) is 0 Å². The van der Waals surface area contributed by atoms with Gasteiger partial charge in [0.25, 0.3) is 11.6 Å². The molecule has 0 spiro atoms. The Morgan fingerprint density at radius 1 is 1.42 bits per heavy atom. The Hall–Kier alpha value is -1.76. The van der Waals surface area contributed by atoms with E-state index >= 15 is 0 Å². The Morgan fingerprint density at radius 3 is 2.89 bits per heavy atom. The van der Waals surface area contributed by atoms with E-state index in [9.17, 15) is 14.9 Å². The first kappa shape index (κ1) is 13.7. The molecule has 1 heterocycles. The van der Waals surface area contributed by atoms with Gasteiger partial charge >= 0.3 is 0 Å². The first-order valence-corrected chi connectivity index (χ1v) is 6.59. The molecule has 0 aliphatic carbocycles. The molecule has 0 bridgehead atoms. The van der Waals surface area contributed by atoms with Crippen molar-refractivity contribution >= 4 is 29.9 Å². The van der Waals surface area contributed by atoms with Gasteiger partial charge in [-0.3, -0.25) is 14.9 Å². The van der Waals surface area contributed by atoms with Gasteiger partial charge in [-0.2, -0.15) is 12.6 Å². The van der Waals surface area contributed by atoms with Crippen LogP contribution >= 0.6 is 12.6 Å². The summed E-state index contributed by atoms with van der Waals surface area (Å²) in [6, 6.07) is 4.29. The molecule has 1 aliphatic rings. The van der Waals surface area contributed by atoms with Crippen molar-refractivity contribution in [2.45, 2.75) is 12.8 Å². The minimum Gasteiger partial charge on any atom is -0.482 e. The van der Waals surface area contributed by atoms with E-state index in [0.717, 1.165) is 18.6 Å². The summed E-state index contributed by atoms with van der Waals surface area (Å²) in [7, 11) is 0. The van der Waals surface area contributed by atoms with Crippen LogP contribution in [0, 0.1) is 10.1 Å². The Bertz CT molecular complexity index is 507. The zero-order valence-electron chi connectivity index (χ0n) is 10.2. The van der Waals surface area contributed by atoms with Crippen molar-refractivity contribution in [3.63, 3.8) is 0 Å². The summed E-state index contributed by atoms with van der Waals surface area (Å²) in [6.07, 6.45) is 1.69. The van der Waals surface area contributed by atoms with E-state index in [1.807, 2.05) is 0 Å². The van der Waals surface area contributed by atoms with Gasteiger partial charge < -0.3 is 9.64 Å². The molecule has 1 aliphatic heterocycles. The molecule has 1 aromatic carbocycles. The van der Waals surface area contributed by atoms with E-state index in [4.69, 9.17) is 4.74 Å². The Kier molecular flexibility index (Phi) is 4.26. The summed E-state index contributed by atoms with van der Waals surface area (Å²) < 4.78 is 5.28. The van der Waals surface area contributed by atoms with Crippen molar-refractivity contribution in [2.75, 3.05) is 23.8 Å². The highest BCUT2D eigenvalue weighted by Crippen LogP contribution is 2.35. The molecule has 19 heavy (non-hydrogen) atoms. The van der Waals surface area contributed by atoms with Crippen LogP contribution in [0.4, 0.5) is 11.4 Å². The number of amides is 1. The van der Waals surface area contributed by atoms with Gasteiger partial charge in [-0.05, 0) is 24.7 Å². The topological polar surface area (TPSA) is 72.7 Å². The van der Waals surface area contributed by atoms with Crippen LogP contribution in [-0.2, 0) is 4.79 Å². The second-order valence-electron chi connectivity index (χ2n) is 4.17. The number of carbonyl (C=O) groups excluding carboxylic acids is 1. The van der Waals surface area contributed by atoms with Crippen LogP contribution in [0.2, 0.25) is 0 Å². The number of nitro groups is 1. The molecule has 0 saturated carbocycles. The van der Waals surface area contributed by atoms with Crippen molar-refractivity contribution < 1.29 is 14.5 Å². The molecule has 102 valence electrons. The molecule has 0 radical (unpaired) electrons. The van der Waals surface area contributed by atoms with Gasteiger partial charge in [-0.25, -0.2) is 0 Å². The van der Waals surface area contributed by atoms with Crippen molar-refractivity contribution in [2.24, 2.45) is 0 Å². The molecule has 1 amide bonds. The minimum absolute atomic E-state index is 0.0221. The number of nitro benzene ring substituents is 1. The van der Waals surface area contributed by atoms with E-state index in [0.29, 0.717) is 18.0 Å². The Morgan fingerprint density at radius 2 is 2.21 bits per heavy atom. The lowest BCUT2D eigenvalue weighted by atomic mass is 10.2. The molecule has 0 fully saturated rings. The fourth-order valence-electron chi connectivity index (χ4n) is 1.93. The summed E-state index contributed by atoms with van der Waals surface area (Å²) in [4.78, 5) is 23.7. The first-order chi connectivity index (χ1) is 9.13.